The Labute approximate surface area is 93.4 Å². The first-order valence-electron chi connectivity index (χ1n) is 4.94. The summed E-state index contributed by atoms with van der Waals surface area (Å²) in [4.78, 5) is 0. The predicted molar refractivity (Wildman–Crippen MR) is 58.9 cm³/mol. The van der Waals surface area contributed by atoms with Crippen LogP contribution >= 0.6 is 11.6 Å². The molecule has 2 rings (SSSR count). The molecule has 0 radical (unpaired) electrons. The number of nitrogens with one attached hydrogen (secondary N) is 1. The van der Waals surface area contributed by atoms with Gasteiger partial charge in [-0.2, -0.15) is 0 Å². The smallest absolute Gasteiger partial charge is 0.147 e. The highest BCUT2D eigenvalue weighted by atomic mass is 35.5. The average Bonchev–Trinajstić information content (AvgIpc) is 2.14. The van der Waals surface area contributed by atoms with E-state index in [2.05, 4.69) is 5.32 Å². The highest BCUT2D eigenvalue weighted by Gasteiger charge is 2.29. The molecule has 1 saturated carbocycles. The van der Waals surface area contributed by atoms with E-state index < -0.39 is 0 Å². The fourth-order valence-electron chi connectivity index (χ4n) is 1.72. The Morgan fingerprint density at radius 1 is 1.47 bits per heavy atom. The van der Waals surface area contributed by atoms with Gasteiger partial charge in [-0.15, -0.1) is 0 Å². The van der Waals surface area contributed by atoms with Gasteiger partial charge in [0.05, 0.1) is 16.8 Å². The molecule has 1 N–H and O–H groups in total. The summed E-state index contributed by atoms with van der Waals surface area (Å²) in [6.45, 7) is 0. The van der Waals surface area contributed by atoms with Crippen molar-refractivity contribution in [2.24, 2.45) is 0 Å². The number of hydrogen-bond acceptors (Lipinski definition) is 2. The van der Waals surface area contributed by atoms with Crippen LogP contribution in [0.5, 0.6) is 0 Å². The lowest BCUT2D eigenvalue weighted by Gasteiger charge is -2.35. The fourth-order valence-corrected chi connectivity index (χ4v) is 1.93. The SMILES string of the molecule is COC1CC(Nc2c(F)cccc2Cl)C1. The van der Waals surface area contributed by atoms with Crippen molar-refractivity contribution in [1.82, 2.24) is 0 Å². The molecule has 0 bridgehead atoms. The molecule has 0 heterocycles. The third-order valence-electron chi connectivity index (χ3n) is 2.74. The maximum absolute atomic E-state index is 13.4. The first kappa shape index (κ1) is 10.7. The molecule has 1 aromatic rings. The zero-order valence-electron chi connectivity index (χ0n) is 8.47. The largest absolute Gasteiger partial charge is 0.381 e. The molecule has 1 fully saturated rings. The van der Waals surface area contributed by atoms with E-state index >= 15 is 0 Å². The monoisotopic (exact) mass is 229 g/mol. The van der Waals surface area contributed by atoms with Crippen molar-refractivity contribution in [2.75, 3.05) is 12.4 Å². The van der Waals surface area contributed by atoms with Crippen LogP contribution in [-0.4, -0.2) is 19.3 Å². The molecule has 4 heteroatoms. The van der Waals surface area contributed by atoms with Crippen molar-refractivity contribution in [2.45, 2.75) is 25.0 Å². The van der Waals surface area contributed by atoms with E-state index in [9.17, 15) is 4.39 Å². The fraction of sp³-hybridized carbons (Fsp3) is 0.455. The number of rotatable bonds is 3. The molecule has 0 saturated heterocycles. The van der Waals surface area contributed by atoms with Crippen molar-refractivity contribution >= 4 is 17.3 Å². The lowest BCUT2D eigenvalue weighted by Crippen LogP contribution is -2.40. The Hall–Kier alpha value is -0.800. The molecule has 2 nitrogen and oxygen atoms in total. The van der Waals surface area contributed by atoms with Gasteiger partial charge in [-0.05, 0) is 25.0 Å². The van der Waals surface area contributed by atoms with Gasteiger partial charge in [0.2, 0.25) is 0 Å². The molecule has 0 amide bonds. The van der Waals surface area contributed by atoms with E-state index in [1.807, 2.05) is 0 Å². The van der Waals surface area contributed by atoms with Gasteiger partial charge in [-0.1, -0.05) is 17.7 Å². The Morgan fingerprint density at radius 3 is 2.80 bits per heavy atom. The van der Waals surface area contributed by atoms with Crippen LogP contribution in [0.4, 0.5) is 10.1 Å². The van der Waals surface area contributed by atoms with E-state index in [1.165, 1.54) is 6.07 Å². The molecule has 1 aromatic carbocycles. The lowest BCUT2D eigenvalue weighted by molar-refractivity contribution is 0.0328. The molecule has 0 unspecified atom stereocenters. The number of ether oxygens (including phenoxy) is 1. The number of para-hydroxylation sites is 1. The van der Waals surface area contributed by atoms with Gasteiger partial charge in [-0.25, -0.2) is 4.39 Å². The van der Waals surface area contributed by atoms with Crippen molar-refractivity contribution in [1.29, 1.82) is 0 Å². The Bertz CT molecular complexity index is 332. The van der Waals surface area contributed by atoms with E-state index in [0.29, 0.717) is 16.8 Å². The Kier molecular flexibility index (Phi) is 3.12. The summed E-state index contributed by atoms with van der Waals surface area (Å²) in [6.07, 6.45) is 2.11. The molecule has 0 aliphatic heterocycles. The van der Waals surface area contributed by atoms with Crippen LogP contribution in [0.1, 0.15) is 12.8 Å². The van der Waals surface area contributed by atoms with Crippen LogP contribution in [-0.2, 0) is 4.74 Å². The summed E-state index contributed by atoms with van der Waals surface area (Å²) in [5.74, 6) is -0.302. The average molecular weight is 230 g/mol. The quantitative estimate of drug-likeness (QED) is 0.860. The summed E-state index contributed by atoms with van der Waals surface area (Å²) in [6, 6.07) is 4.95. The number of methoxy groups -OCH3 is 1. The molecule has 1 aliphatic carbocycles. The highest BCUT2D eigenvalue weighted by molar-refractivity contribution is 6.33. The number of benzene rings is 1. The molecular formula is C11H13ClFNO. The van der Waals surface area contributed by atoms with Crippen LogP contribution < -0.4 is 5.32 Å². The van der Waals surface area contributed by atoms with Gasteiger partial charge in [0, 0.05) is 13.2 Å². The van der Waals surface area contributed by atoms with E-state index in [1.54, 1.807) is 19.2 Å². The van der Waals surface area contributed by atoms with E-state index in [-0.39, 0.29) is 11.9 Å². The molecule has 0 atom stereocenters. The summed E-state index contributed by atoms with van der Waals surface area (Å²) >= 11 is 5.89. The van der Waals surface area contributed by atoms with Gasteiger partial charge in [-0.3, -0.25) is 0 Å². The molecule has 0 spiro atoms. The predicted octanol–water partition coefficient (Wildman–Crippen LogP) is 3.07. The van der Waals surface area contributed by atoms with Crippen LogP contribution in [0.2, 0.25) is 5.02 Å². The summed E-state index contributed by atoms with van der Waals surface area (Å²) < 4.78 is 18.5. The molecule has 0 aromatic heterocycles. The maximum Gasteiger partial charge on any atom is 0.147 e. The highest BCUT2D eigenvalue weighted by Crippen LogP contribution is 2.31. The maximum atomic E-state index is 13.4. The third kappa shape index (κ3) is 2.24. The van der Waals surface area contributed by atoms with Crippen molar-refractivity contribution in [3.8, 4) is 0 Å². The van der Waals surface area contributed by atoms with Gasteiger partial charge in [0.1, 0.15) is 5.82 Å². The van der Waals surface area contributed by atoms with Crippen molar-refractivity contribution in [3.63, 3.8) is 0 Å². The van der Waals surface area contributed by atoms with Crippen LogP contribution in [0.25, 0.3) is 0 Å². The first-order chi connectivity index (χ1) is 7.20. The van der Waals surface area contributed by atoms with Gasteiger partial charge >= 0.3 is 0 Å². The van der Waals surface area contributed by atoms with Crippen LogP contribution in [0.15, 0.2) is 18.2 Å². The zero-order chi connectivity index (χ0) is 10.8. The topological polar surface area (TPSA) is 21.3 Å². The molecule has 1 aliphatic rings. The van der Waals surface area contributed by atoms with Gasteiger partial charge in [0.15, 0.2) is 0 Å². The standard InChI is InChI=1S/C11H13ClFNO/c1-15-8-5-7(6-8)14-11-9(12)3-2-4-10(11)13/h2-4,7-8,14H,5-6H2,1H3. The minimum atomic E-state index is -0.302. The summed E-state index contributed by atoms with van der Waals surface area (Å²) in [5, 5.41) is 3.52. The second-order valence-electron chi connectivity index (χ2n) is 3.77. The second kappa shape index (κ2) is 4.37. The minimum absolute atomic E-state index is 0.268. The number of hydrogen-bond donors (Lipinski definition) is 1. The van der Waals surface area contributed by atoms with E-state index in [4.69, 9.17) is 16.3 Å². The lowest BCUT2D eigenvalue weighted by atomic mass is 9.89. The second-order valence-corrected chi connectivity index (χ2v) is 4.17. The zero-order valence-corrected chi connectivity index (χ0v) is 9.22. The van der Waals surface area contributed by atoms with Gasteiger partial charge < -0.3 is 10.1 Å². The van der Waals surface area contributed by atoms with Gasteiger partial charge in [0.25, 0.3) is 0 Å². The number of anilines is 1. The normalized spacial score (nSPS) is 24.7. The van der Waals surface area contributed by atoms with Crippen molar-refractivity contribution < 1.29 is 9.13 Å². The summed E-state index contributed by atoms with van der Waals surface area (Å²) in [5.41, 5.74) is 0.402. The molecular weight excluding hydrogens is 217 g/mol. The molecule has 15 heavy (non-hydrogen) atoms. The van der Waals surface area contributed by atoms with Crippen molar-refractivity contribution in [3.05, 3.63) is 29.0 Å². The Balaban J connectivity index is 2.00. The third-order valence-corrected chi connectivity index (χ3v) is 3.05. The van der Waals surface area contributed by atoms with Crippen LogP contribution in [0, 0.1) is 5.82 Å². The summed E-state index contributed by atoms with van der Waals surface area (Å²) in [7, 11) is 1.69. The van der Waals surface area contributed by atoms with E-state index in [0.717, 1.165) is 12.8 Å². The van der Waals surface area contributed by atoms with Crippen LogP contribution in [0.3, 0.4) is 0 Å². The minimum Gasteiger partial charge on any atom is -0.381 e. The molecule has 82 valence electrons. The first-order valence-corrected chi connectivity index (χ1v) is 5.32. The number of halogens is 2. The Morgan fingerprint density at radius 2 is 2.20 bits per heavy atom.